The van der Waals surface area contributed by atoms with Gasteiger partial charge in [0.15, 0.2) is 0 Å². The van der Waals surface area contributed by atoms with Crippen molar-refractivity contribution in [2.75, 3.05) is 0 Å². The van der Waals surface area contributed by atoms with Crippen LogP contribution >= 0.6 is 0 Å². The van der Waals surface area contributed by atoms with Crippen LogP contribution in [0.2, 0.25) is 0 Å². The van der Waals surface area contributed by atoms with Crippen molar-refractivity contribution in [3.63, 3.8) is 0 Å². The summed E-state index contributed by atoms with van der Waals surface area (Å²) in [7, 11) is 0. The SMILES string of the molecule is CC.CC.CC1CC1(C)c1ccccc1-n1c2ccccc2n2ncnc12. The molecule has 0 amide bonds. The third-order valence-corrected chi connectivity index (χ3v) is 5.50. The molecule has 2 aromatic heterocycles. The van der Waals surface area contributed by atoms with Crippen molar-refractivity contribution in [1.82, 2.24) is 19.2 Å². The molecule has 1 aliphatic rings. The molecular weight excluding hydrogens is 332 g/mol. The van der Waals surface area contributed by atoms with Gasteiger partial charge in [-0.3, -0.25) is 4.57 Å². The maximum Gasteiger partial charge on any atom is 0.238 e. The zero-order valence-electron chi connectivity index (χ0n) is 17.3. The molecule has 27 heavy (non-hydrogen) atoms. The Morgan fingerprint density at radius 3 is 2.19 bits per heavy atom. The number of hydrogen-bond acceptors (Lipinski definition) is 2. The molecule has 2 unspecified atom stereocenters. The standard InChI is InChI=1S/C19H18N4.2C2H6/c1-13-11-19(13,2)14-7-3-4-8-15(14)22-16-9-5-6-10-17(16)23-18(22)20-12-21-23;2*1-2/h3-10,12-13H,11H2,1-2H3;2*1-2H3. The van der Waals surface area contributed by atoms with E-state index in [1.165, 1.54) is 17.7 Å². The second kappa shape index (κ2) is 7.55. The minimum absolute atomic E-state index is 0.263. The molecule has 5 rings (SSSR count). The molecule has 0 N–H and O–H groups in total. The van der Waals surface area contributed by atoms with Crippen LogP contribution in [-0.4, -0.2) is 19.2 Å². The van der Waals surface area contributed by atoms with Gasteiger partial charge >= 0.3 is 0 Å². The highest BCUT2D eigenvalue weighted by atomic mass is 15.4. The fourth-order valence-corrected chi connectivity index (χ4v) is 3.84. The van der Waals surface area contributed by atoms with Crippen LogP contribution in [0.5, 0.6) is 0 Å². The zero-order chi connectivity index (χ0) is 19.6. The Hall–Kier alpha value is -2.62. The number of para-hydroxylation sites is 3. The molecule has 1 saturated carbocycles. The van der Waals surface area contributed by atoms with E-state index in [-0.39, 0.29) is 5.41 Å². The summed E-state index contributed by atoms with van der Waals surface area (Å²) in [5.41, 5.74) is 5.12. The van der Waals surface area contributed by atoms with Gasteiger partial charge in [-0.1, -0.05) is 71.9 Å². The van der Waals surface area contributed by atoms with E-state index in [1.807, 2.05) is 38.3 Å². The Morgan fingerprint density at radius 2 is 1.52 bits per heavy atom. The topological polar surface area (TPSA) is 35.1 Å². The van der Waals surface area contributed by atoms with E-state index in [9.17, 15) is 0 Å². The summed E-state index contributed by atoms with van der Waals surface area (Å²) < 4.78 is 4.17. The Morgan fingerprint density at radius 1 is 0.926 bits per heavy atom. The summed E-state index contributed by atoms with van der Waals surface area (Å²) in [6, 6.07) is 17.1. The molecule has 1 aliphatic carbocycles. The lowest BCUT2D eigenvalue weighted by Gasteiger charge is -2.17. The van der Waals surface area contributed by atoms with Crippen molar-refractivity contribution < 1.29 is 0 Å². The minimum atomic E-state index is 0.263. The predicted octanol–water partition coefficient (Wildman–Crippen LogP) is 6.02. The summed E-state index contributed by atoms with van der Waals surface area (Å²) in [6.07, 6.45) is 2.87. The molecule has 0 radical (unpaired) electrons. The Bertz CT molecular complexity index is 1040. The van der Waals surface area contributed by atoms with Crippen LogP contribution in [0.4, 0.5) is 0 Å². The average molecular weight is 363 g/mol. The summed E-state index contributed by atoms with van der Waals surface area (Å²) in [5.74, 6) is 1.59. The lowest BCUT2D eigenvalue weighted by atomic mass is 9.94. The number of aromatic nitrogens is 4. The van der Waals surface area contributed by atoms with Crippen LogP contribution < -0.4 is 0 Å². The maximum atomic E-state index is 4.51. The first kappa shape index (κ1) is 19.2. The van der Waals surface area contributed by atoms with Gasteiger partial charge in [0.25, 0.3) is 0 Å². The molecule has 2 atom stereocenters. The second-order valence-corrected chi connectivity index (χ2v) is 6.84. The lowest BCUT2D eigenvalue weighted by molar-refractivity contribution is 0.697. The third-order valence-electron chi connectivity index (χ3n) is 5.50. The smallest absolute Gasteiger partial charge is 0.238 e. The van der Waals surface area contributed by atoms with Crippen molar-refractivity contribution in [2.24, 2.45) is 5.92 Å². The van der Waals surface area contributed by atoms with Crippen LogP contribution in [0.1, 0.15) is 53.5 Å². The molecule has 0 bridgehead atoms. The fourth-order valence-electron chi connectivity index (χ4n) is 3.84. The Balaban J connectivity index is 0.000000495. The van der Waals surface area contributed by atoms with E-state index in [0.29, 0.717) is 0 Å². The van der Waals surface area contributed by atoms with Gasteiger partial charge in [0.1, 0.15) is 6.33 Å². The van der Waals surface area contributed by atoms with Gasteiger partial charge in [0.2, 0.25) is 5.78 Å². The van der Waals surface area contributed by atoms with Gasteiger partial charge in [-0.15, -0.1) is 0 Å². The average Bonchev–Trinajstić information content (AvgIpc) is 3.07. The second-order valence-electron chi connectivity index (χ2n) is 6.84. The highest BCUT2D eigenvalue weighted by molar-refractivity contribution is 5.83. The normalized spacial score (nSPS) is 20.6. The van der Waals surface area contributed by atoms with E-state index in [0.717, 1.165) is 22.7 Å². The minimum Gasteiger partial charge on any atom is -0.277 e. The molecule has 2 heterocycles. The highest BCUT2D eigenvalue weighted by Gasteiger charge is 2.49. The molecule has 2 aromatic carbocycles. The van der Waals surface area contributed by atoms with E-state index in [1.54, 1.807) is 6.33 Å². The molecule has 0 saturated heterocycles. The number of fused-ring (bicyclic) bond motifs is 3. The van der Waals surface area contributed by atoms with Crippen molar-refractivity contribution in [1.29, 1.82) is 0 Å². The van der Waals surface area contributed by atoms with Crippen LogP contribution in [-0.2, 0) is 5.41 Å². The van der Waals surface area contributed by atoms with Crippen molar-refractivity contribution in [3.05, 3.63) is 60.4 Å². The van der Waals surface area contributed by atoms with Gasteiger partial charge in [-0.25, -0.2) is 0 Å². The summed E-state index contributed by atoms with van der Waals surface area (Å²) in [5, 5.41) is 4.40. The number of rotatable bonds is 2. The van der Waals surface area contributed by atoms with Gasteiger partial charge in [0, 0.05) is 0 Å². The molecule has 4 nitrogen and oxygen atoms in total. The first-order chi connectivity index (χ1) is 13.2. The Kier molecular flexibility index (Phi) is 5.36. The van der Waals surface area contributed by atoms with E-state index in [2.05, 4.69) is 71.0 Å². The highest BCUT2D eigenvalue weighted by Crippen LogP contribution is 2.55. The molecular formula is C23H30N4. The lowest BCUT2D eigenvalue weighted by Crippen LogP contribution is -2.09. The van der Waals surface area contributed by atoms with Crippen molar-refractivity contribution in [3.8, 4) is 5.69 Å². The van der Waals surface area contributed by atoms with Crippen LogP contribution in [0.15, 0.2) is 54.9 Å². The van der Waals surface area contributed by atoms with E-state index >= 15 is 0 Å². The number of hydrogen-bond donors (Lipinski definition) is 0. The van der Waals surface area contributed by atoms with Crippen molar-refractivity contribution >= 4 is 16.8 Å². The van der Waals surface area contributed by atoms with Gasteiger partial charge in [0.05, 0.1) is 16.7 Å². The number of imidazole rings is 1. The molecule has 0 spiro atoms. The summed E-state index contributed by atoms with van der Waals surface area (Å²) in [4.78, 5) is 4.51. The number of benzene rings is 2. The first-order valence-electron chi connectivity index (χ1n) is 10.1. The van der Waals surface area contributed by atoms with Gasteiger partial charge in [-0.05, 0) is 41.5 Å². The molecule has 1 fully saturated rings. The summed E-state index contributed by atoms with van der Waals surface area (Å²) >= 11 is 0. The molecule has 4 heteroatoms. The van der Waals surface area contributed by atoms with E-state index < -0.39 is 0 Å². The van der Waals surface area contributed by atoms with Crippen LogP contribution in [0, 0.1) is 5.92 Å². The first-order valence-corrected chi connectivity index (χ1v) is 10.1. The van der Waals surface area contributed by atoms with Crippen LogP contribution in [0.3, 0.4) is 0 Å². The third kappa shape index (κ3) is 2.93. The van der Waals surface area contributed by atoms with Gasteiger partial charge < -0.3 is 0 Å². The van der Waals surface area contributed by atoms with Gasteiger partial charge in [-0.2, -0.15) is 14.6 Å². The predicted molar refractivity (Wildman–Crippen MR) is 114 cm³/mol. The maximum absolute atomic E-state index is 4.51. The zero-order valence-corrected chi connectivity index (χ0v) is 17.3. The molecule has 142 valence electrons. The van der Waals surface area contributed by atoms with Crippen molar-refractivity contribution in [2.45, 2.75) is 53.4 Å². The quantitative estimate of drug-likeness (QED) is 0.437. The summed E-state index contributed by atoms with van der Waals surface area (Å²) in [6.45, 7) is 12.7. The largest absolute Gasteiger partial charge is 0.277 e. The molecule has 4 aromatic rings. The monoisotopic (exact) mass is 362 g/mol. The van der Waals surface area contributed by atoms with E-state index in [4.69, 9.17) is 0 Å². The molecule has 0 aliphatic heterocycles. The Labute approximate surface area is 161 Å². The fraction of sp³-hybridized carbons (Fsp3) is 0.391. The van der Waals surface area contributed by atoms with Crippen LogP contribution in [0.25, 0.3) is 22.5 Å². The number of nitrogens with zero attached hydrogens (tertiary/aromatic N) is 4.